The minimum absolute atomic E-state index is 0.367. The van der Waals surface area contributed by atoms with Crippen LogP contribution in [0.2, 0.25) is 5.02 Å². The van der Waals surface area contributed by atoms with Gasteiger partial charge in [-0.25, -0.2) is 0 Å². The van der Waals surface area contributed by atoms with Crippen molar-refractivity contribution < 1.29 is 4.79 Å². The topological polar surface area (TPSA) is 72.1 Å². The van der Waals surface area contributed by atoms with Gasteiger partial charge in [-0.3, -0.25) is 14.8 Å². The van der Waals surface area contributed by atoms with Gasteiger partial charge in [-0.1, -0.05) is 41.6 Å². The van der Waals surface area contributed by atoms with E-state index in [0.29, 0.717) is 11.6 Å². The highest BCUT2D eigenvalue weighted by Crippen LogP contribution is 2.40. The Kier molecular flexibility index (Phi) is 5.79. The van der Waals surface area contributed by atoms with E-state index in [1.54, 1.807) is 6.20 Å². The Hall–Kier alpha value is -2.83. The van der Waals surface area contributed by atoms with Gasteiger partial charge in [0.15, 0.2) is 5.37 Å². The van der Waals surface area contributed by atoms with Gasteiger partial charge in [0.05, 0.1) is 5.69 Å². The molecule has 152 valence electrons. The van der Waals surface area contributed by atoms with Crippen molar-refractivity contribution in [3.05, 3.63) is 88.5 Å². The predicted octanol–water partition coefficient (Wildman–Crippen LogP) is 4.77. The van der Waals surface area contributed by atoms with Gasteiger partial charge in [0.1, 0.15) is 0 Å². The lowest BCUT2D eigenvalue weighted by Crippen LogP contribution is -2.36. The van der Waals surface area contributed by atoms with Gasteiger partial charge in [0.2, 0.25) is 0 Å². The van der Waals surface area contributed by atoms with E-state index < -0.39 is 5.37 Å². The van der Waals surface area contributed by atoms with Crippen LogP contribution in [0.4, 0.5) is 0 Å². The molecule has 1 amide bonds. The first kappa shape index (κ1) is 20.4. The van der Waals surface area contributed by atoms with Crippen molar-refractivity contribution in [1.82, 2.24) is 14.9 Å². The van der Waals surface area contributed by atoms with E-state index in [1.807, 2.05) is 67.5 Å². The van der Waals surface area contributed by atoms with E-state index in [2.05, 4.69) is 16.0 Å². The monoisotopic (exact) mass is 436 g/mol. The van der Waals surface area contributed by atoms with Crippen LogP contribution in [0.25, 0.3) is 16.2 Å². The van der Waals surface area contributed by atoms with Gasteiger partial charge >= 0.3 is 0 Å². The van der Waals surface area contributed by atoms with Gasteiger partial charge < -0.3 is 10.6 Å². The number of aryl methyl sites for hydroxylation is 2. The maximum absolute atomic E-state index is 12.1. The Morgan fingerprint density at radius 1 is 1.13 bits per heavy atom. The molecule has 3 heterocycles. The molecule has 1 aromatic carbocycles. The SMILES string of the molecule is Cc1cc(-c2ncc(CN3C=C(c4ccc(Cl)cc4)SC3C(N)=O)cc2C)ccn1. The molecule has 0 fully saturated rings. The quantitative estimate of drug-likeness (QED) is 0.623. The highest BCUT2D eigenvalue weighted by Gasteiger charge is 2.30. The average molecular weight is 437 g/mol. The first-order valence-electron chi connectivity index (χ1n) is 9.49. The molecule has 1 unspecified atom stereocenters. The van der Waals surface area contributed by atoms with Gasteiger partial charge in [-0.15, -0.1) is 0 Å². The second-order valence-corrected chi connectivity index (χ2v) is 8.80. The molecule has 0 saturated heterocycles. The van der Waals surface area contributed by atoms with E-state index in [1.165, 1.54) is 11.8 Å². The Morgan fingerprint density at radius 3 is 2.57 bits per heavy atom. The largest absolute Gasteiger partial charge is 0.367 e. The van der Waals surface area contributed by atoms with E-state index >= 15 is 0 Å². The number of pyridine rings is 2. The molecule has 1 aliphatic rings. The highest BCUT2D eigenvalue weighted by molar-refractivity contribution is 8.09. The van der Waals surface area contributed by atoms with Crippen LogP contribution < -0.4 is 5.73 Å². The number of hydrogen-bond donors (Lipinski definition) is 1. The molecule has 0 saturated carbocycles. The molecule has 7 heteroatoms. The van der Waals surface area contributed by atoms with Gasteiger partial charge in [0.25, 0.3) is 5.91 Å². The Labute approximate surface area is 185 Å². The third kappa shape index (κ3) is 4.35. The summed E-state index contributed by atoms with van der Waals surface area (Å²) in [6.07, 6.45) is 5.63. The fraction of sp³-hybridized carbons (Fsp3) is 0.174. The third-order valence-corrected chi connectivity index (χ3v) is 6.44. The molecule has 0 spiro atoms. The summed E-state index contributed by atoms with van der Waals surface area (Å²) in [7, 11) is 0. The molecular weight excluding hydrogens is 416 g/mol. The fourth-order valence-corrected chi connectivity index (χ4v) is 4.69. The summed E-state index contributed by atoms with van der Waals surface area (Å²) >= 11 is 7.45. The van der Waals surface area contributed by atoms with Crippen molar-refractivity contribution in [3.63, 3.8) is 0 Å². The zero-order chi connectivity index (χ0) is 21.3. The maximum Gasteiger partial charge on any atom is 0.251 e. The van der Waals surface area contributed by atoms with Crippen molar-refractivity contribution in [2.24, 2.45) is 5.73 Å². The summed E-state index contributed by atoms with van der Waals surface area (Å²) in [5.74, 6) is -0.367. The molecule has 1 atom stereocenters. The number of amides is 1. The van der Waals surface area contributed by atoms with E-state index in [0.717, 1.165) is 38.5 Å². The minimum Gasteiger partial charge on any atom is -0.367 e. The second kappa shape index (κ2) is 8.50. The summed E-state index contributed by atoms with van der Waals surface area (Å²) < 4.78 is 0. The zero-order valence-corrected chi connectivity index (χ0v) is 18.2. The number of carbonyl (C=O) groups excluding carboxylic acids is 1. The number of benzene rings is 1. The van der Waals surface area contributed by atoms with Crippen LogP contribution in [-0.4, -0.2) is 26.1 Å². The molecule has 2 aromatic heterocycles. The Bertz CT molecular complexity index is 1130. The number of carbonyl (C=O) groups is 1. The first-order chi connectivity index (χ1) is 14.4. The van der Waals surface area contributed by atoms with Crippen LogP contribution >= 0.6 is 23.4 Å². The molecule has 4 rings (SSSR count). The lowest BCUT2D eigenvalue weighted by atomic mass is 10.1. The molecule has 2 N–H and O–H groups in total. The van der Waals surface area contributed by atoms with Crippen LogP contribution in [-0.2, 0) is 11.3 Å². The molecule has 1 aliphatic heterocycles. The van der Waals surface area contributed by atoms with Gasteiger partial charge in [-0.2, -0.15) is 0 Å². The van der Waals surface area contributed by atoms with Gasteiger partial charge in [0, 0.05) is 46.3 Å². The minimum atomic E-state index is -0.460. The number of nitrogens with two attached hydrogens (primary N) is 1. The standard InChI is InChI=1S/C23H21ClN4OS/c1-14-9-16(11-27-21(14)18-7-8-26-15(2)10-18)12-28-13-20(30-23(28)22(25)29)17-3-5-19(24)6-4-17/h3-11,13,23H,12H2,1-2H3,(H2,25,29). The van der Waals surface area contributed by atoms with Crippen LogP contribution in [0, 0.1) is 13.8 Å². The number of thioether (sulfide) groups is 1. The normalized spacial score (nSPS) is 15.9. The van der Waals surface area contributed by atoms with Crippen LogP contribution in [0.5, 0.6) is 0 Å². The number of aromatic nitrogens is 2. The Balaban J connectivity index is 1.59. The van der Waals surface area contributed by atoms with Crippen molar-refractivity contribution in [2.75, 3.05) is 0 Å². The smallest absolute Gasteiger partial charge is 0.251 e. The van der Waals surface area contributed by atoms with Crippen molar-refractivity contribution in [2.45, 2.75) is 25.8 Å². The van der Waals surface area contributed by atoms with Crippen LogP contribution in [0.1, 0.15) is 22.4 Å². The summed E-state index contributed by atoms with van der Waals surface area (Å²) in [4.78, 5) is 23.9. The summed E-state index contributed by atoms with van der Waals surface area (Å²) in [6, 6.07) is 13.7. The van der Waals surface area contributed by atoms with Crippen molar-refractivity contribution in [3.8, 4) is 11.3 Å². The Morgan fingerprint density at radius 2 is 1.90 bits per heavy atom. The second-order valence-electron chi connectivity index (χ2n) is 7.24. The predicted molar refractivity (Wildman–Crippen MR) is 122 cm³/mol. The number of primary amides is 1. The number of halogens is 1. The number of hydrogen-bond acceptors (Lipinski definition) is 5. The van der Waals surface area contributed by atoms with E-state index in [4.69, 9.17) is 17.3 Å². The lowest BCUT2D eigenvalue weighted by molar-refractivity contribution is -0.119. The lowest BCUT2D eigenvalue weighted by Gasteiger charge is -2.22. The maximum atomic E-state index is 12.1. The van der Waals surface area contributed by atoms with Gasteiger partial charge in [-0.05, 0) is 54.8 Å². The van der Waals surface area contributed by atoms with Crippen molar-refractivity contribution in [1.29, 1.82) is 0 Å². The molecular formula is C23H21ClN4OS. The summed E-state index contributed by atoms with van der Waals surface area (Å²) in [5, 5.41) is 0.218. The van der Waals surface area contributed by atoms with Crippen LogP contribution in [0.3, 0.4) is 0 Å². The molecule has 5 nitrogen and oxygen atoms in total. The number of nitrogens with zero attached hydrogens (tertiary/aromatic N) is 3. The van der Waals surface area contributed by atoms with Crippen molar-refractivity contribution >= 4 is 34.2 Å². The summed E-state index contributed by atoms with van der Waals surface area (Å²) in [5.41, 5.74) is 11.7. The fourth-order valence-electron chi connectivity index (χ4n) is 3.47. The highest BCUT2D eigenvalue weighted by atomic mass is 35.5. The van der Waals surface area contributed by atoms with E-state index in [-0.39, 0.29) is 5.91 Å². The molecule has 0 radical (unpaired) electrons. The third-order valence-electron chi connectivity index (χ3n) is 4.87. The average Bonchev–Trinajstić information content (AvgIpc) is 3.13. The summed E-state index contributed by atoms with van der Waals surface area (Å²) in [6.45, 7) is 4.55. The number of rotatable bonds is 5. The zero-order valence-electron chi connectivity index (χ0n) is 16.7. The van der Waals surface area contributed by atoms with Crippen LogP contribution in [0.15, 0.2) is 61.1 Å². The first-order valence-corrected chi connectivity index (χ1v) is 10.7. The molecule has 0 aliphatic carbocycles. The molecule has 30 heavy (non-hydrogen) atoms. The molecule has 0 bridgehead atoms. The molecule has 3 aromatic rings. The van der Waals surface area contributed by atoms with E-state index in [9.17, 15) is 4.79 Å².